The van der Waals surface area contributed by atoms with Crippen LogP contribution in [0.4, 0.5) is 10.1 Å². The number of anilines is 1. The second kappa shape index (κ2) is 2.71. The predicted molar refractivity (Wildman–Crippen MR) is 50.9 cm³/mol. The summed E-state index contributed by atoms with van der Waals surface area (Å²) in [6, 6.07) is 4.73. The minimum atomic E-state index is -0.550. The highest BCUT2D eigenvalue weighted by Gasteiger charge is 2.10. The number of nitriles is 1. The van der Waals surface area contributed by atoms with Gasteiger partial charge in [0.05, 0.1) is 16.0 Å². The standard InChI is InChI=1S/C9H5FN2S/c10-7-3-8(12)9-5(1-2-13-9)6(7)4-11/h1-3H,12H2. The van der Waals surface area contributed by atoms with Crippen molar-refractivity contribution in [3.05, 3.63) is 28.9 Å². The Kier molecular flexibility index (Phi) is 1.67. The summed E-state index contributed by atoms with van der Waals surface area (Å²) < 4.78 is 13.9. The monoisotopic (exact) mass is 192 g/mol. The van der Waals surface area contributed by atoms with Crippen LogP contribution in [0.25, 0.3) is 10.1 Å². The molecule has 0 atom stereocenters. The largest absolute Gasteiger partial charge is 0.397 e. The third kappa shape index (κ3) is 1.05. The van der Waals surface area contributed by atoms with Crippen molar-refractivity contribution in [1.29, 1.82) is 5.26 Å². The van der Waals surface area contributed by atoms with E-state index in [1.54, 1.807) is 11.4 Å². The van der Waals surface area contributed by atoms with Crippen LogP contribution < -0.4 is 5.73 Å². The molecule has 1 aromatic heterocycles. The van der Waals surface area contributed by atoms with Gasteiger partial charge in [-0.05, 0) is 17.5 Å². The number of halogens is 1. The number of hydrogen-bond acceptors (Lipinski definition) is 3. The van der Waals surface area contributed by atoms with E-state index in [2.05, 4.69) is 0 Å². The van der Waals surface area contributed by atoms with Crippen LogP contribution in [0.1, 0.15) is 5.56 Å². The van der Waals surface area contributed by atoms with E-state index in [0.717, 1.165) is 4.70 Å². The van der Waals surface area contributed by atoms with Gasteiger partial charge in [-0.1, -0.05) is 0 Å². The number of fused-ring (bicyclic) bond motifs is 1. The molecule has 0 aliphatic heterocycles. The molecular weight excluding hydrogens is 187 g/mol. The molecule has 0 amide bonds. The van der Waals surface area contributed by atoms with Crippen LogP contribution in [0.5, 0.6) is 0 Å². The van der Waals surface area contributed by atoms with Gasteiger partial charge in [-0.25, -0.2) is 4.39 Å². The van der Waals surface area contributed by atoms with Crippen molar-refractivity contribution in [2.45, 2.75) is 0 Å². The zero-order chi connectivity index (χ0) is 9.42. The molecule has 2 rings (SSSR count). The predicted octanol–water partition coefficient (Wildman–Crippen LogP) is 2.49. The highest BCUT2D eigenvalue weighted by atomic mass is 32.1. The van der Waals surface area contributed by atoms with Gasteiger partial charge in [-0.3, -0.25) is 0 Å². The maximum atomic E-state index is 13.2. The Hall–Kier alpha value is -1.60. The second-order valence-corrected chi connectivity index (χ2v) is 3.51. The van der Waals surface area contributed by atoms with Crippen LogP contribution in [-0.4, -0.2) is 0 Å². The Morgan fingerprint density at radius 1 is 1.54 bits per heavy atom. The summed E-state index contributed by atoms with van der Waals surface area (Å²) in [5, 5.41) is 11.1. The molecule has 0 saturated heterocycles. The number of nitrogens with zero attached hydrogens (tertiary/aromatic N) is 1. The molecule has 4 heteroatoms. The normalized spacial score (nSPS) is 10.2. The van der Waals surface area contributed by atoms with E-state index < -0.39 is 5.82 Å². The number of benzene rings is 1. The third-order valence-corrected chi connectivity index (χ3v) is 2.79. The van der Waals surface area contributed by atoms with Gasteiger partial charge in [0.1, 0.15) is 11.9 Å². The molecule has 64 valence electrons. The number of hydrogen-bond donors (Lipinski definition) is 1. The first kappa shape index (κ1) is 8.02. The van der Waals surface area contributed by atoms with E-state index in [0.29, 0.717) is 11.1 Å². The van der Waals surface area contributed by atoms with E-state index in [4.69, 9.17) is 11.0 Å². The summed E-state index contributed by atoms with van der Waals surface area (Å²) in [5.41, 5.74) is 6.05. The molecule has 0 radical (unpaired) electrons. The lowest BCUT2D eigenvalue weighted by Gasteiger charge is -1.99. The minimum absolute atomic E-state index is 0.0745. The number of thiophene rings is 1. The van der Waals surface area contributed by atoms with Crippen molar-refractivity contribution in [2.75, 3.05) is 5.73 Å². The lowest BCUT2D eigenvalue weighted by atomic mass is 10.1. The van der Waals surface area contributed by atoms with E-state index in [1.807, 2.05) is 6.07 Å². The molecule has 2 nitrogen and oxygen atoms in total. The molecule has 0 spiro atoms. The van der Waals surface area contributed by atoms with Crippen LogP contribution in [0, 0.1) is 17.1 Å². The molecule has 1 aromatic carbocycles. The van der Waals surface area contributed by atoms with Crippen molar-refractivity contribution < 1.29 is 4.39 Å². The summed E-state index contributed by atoms with van der Waals surface area (Å²) in [5.74, 6) is -0.550. The molecular formula is C9H5FN2S. The van der Waals surface area contributed by atoms with Crippen LogP contribution >= 0.6 is 11.3 Å². The Balaban J connectivity index is 2.99. The van der Waals surface area contributed by atoms with Crippen LogP contribution in [0.2, 0.25) is 0 Å². The Labute approximate surface area is 78.0 Å². The zero-order valence-corrected chi connectivity index (χ0v) is 7.36. The average Bonchev–Trinajstić information content (AvgIpc) is 2.53. The highest BCUT2D eigenvalue weighted by Crippen LogP contribution is 2.31. The Bertz CT molecular complexity index is 510. The van der Waals surface area contributed by atoms with Gasteiger partial charge in [0, 0.05) is 5.39 Å². The van der Waals surface area contributed by atoms with E-state index in [1.165, 1.54) is 17.4 Å². The van der Waals surface area contributed by atoms with Crippen molar-refractivity contribution >= 4 is 27.1 Å². The Morgan fingerprint density at radius 3 is 3.00 bits per heavy atom. The summed E-state index contributed by atoms with van der Waals surface area (Å²) in [6.07, 6.45) is 0. The van der Waals surface area contributed by atoms with Crippen molar-refractivity contribution in [3.63, 3.8) is 0 Å². The van der Waals surface area contributed by atoms with Crippen molar-refractivity contribution in [3.8, 4) is 6.07 Å². The Morgan fingerprint density at radius 2 is 2.31 bits per heavy atom. The van der Waals surface area contributed by atoms with Gasteiger partial charge >= 0.3 is 0 Å². The van der Waals surface area contributed by atoms with Crippen LogP contribution in [-0.2, 0) is 0 Å². The van der Waals surface area contributed by atoms with Crippen LogP contribution in [0.3, 0.4) is 0 Å². The average molecular weight is 192 g/mol. The third-order valence-electron chi connectivity index (χ3n) is 1.83. The lowest BCUT2D eigenvalue weighted by molar-refractivity contribution is 0.627. The molecule has 0 unspecified atom stereocenters. The van der Waals surface area contributed by atoms with Crippen molar-refractivity contribution in [1.82, 2.24) is 0 Å². The van der Waals surface area contributed by atoms with Gasteiger partial charge in [-0.2, -0.15) is 5.26 Å². The molecule has 0 aliphatic rings. The van der Waals surface area contributed by atoms with Gasteiger partial charge < -0.3 is 5.73 Å². The first-order valence-corrected chi connectivity index (χ1v) is 4.47. The molecule has 13 heavy (non-hydrogen) atoms. The lowest BCUT2D eigenvalue weighted by Crippen LogP contribution is -1.90. The fourth-order valence-corrected chi connectivity index (χ4v) is 2.08. The quantitative estimate of drug-likeness (QED) is 0.652. The van der Waals surface area contributed by atoms with Gasteiger partial charge in [0.15, 0.2) is 0 Å². The molecule has 2 aromatic rings. The van der Waals surface area contributed by atoms with Gasteiger partial charge in [0.25, 0.3) is 0 Å². The zero-order valence-electron chi connectivity index (χ0n) is 6.54. The number of nitrogen functional groups attached to an aromatic ring is 1. The molecule has 0 saturated carbocycles. The molecule has 0 fully saturated rings. The van der Waals surface area contributed by atoms with Crippen LogP contribution in [0.15, 0.2) is 17.5 Å². The minimum Gasteiger partial charge on any atom is -0.397 e. The van der Waals surface area contributed by atoms with E-state index in [-0.39, 0.29) is 5.56 Å². The number of rotatable bonds is 0. The fraction of sp³-hybridized carbons (Fsp3) is 0. The second-order valence-electron chi connectivity index (χ2n) is 2.60. The van der Waals surface area contributed by atoms with Gasteiger partial charge in [0.2, 0.25) is 0 Å². The fourth-order valence-electron chi connectivity index (χ4n) is 1.25. The summed E-state index contributed by atoms with van der Waals surface area (Å²) in [6.45, 7) is 0. The summed E-state index contributed by atoms with van der Waals surface area (Å²) >= 11 is 1.41. The highest BCUT2D eigenvalue weighted by molar-refractivity contribution is 7.17. The van der Waals surface area contributed by atoms with Gasteiger partial charge in [-0.15, -0.1) is 11.3 Å². The maximum absolute atomic E-state index is 13.2. The molecule has 2 N–H and O–H groups in total. The maximum Gasteiger partial charge on any atom is 0.143 e. The van der Waals surface area contributed by atoms with Crippen molar-refractivity contribution in [2.24, 2.45) is 0 Å². The first-order chi connectivity index (χ1) is 6.24. The first-order valence-electron chi connectivity index (χ1n) is 3.59. The molecule has 0 aliphatic carbocycles. The summed E-state index contributed by atoms with van der Waals surface area (Å²) in [4.78, 5) is 0. The number of nitrogens with two attached hydrogens (primary N) is 1. The SMILES string of the molecule is N#Cc1c(F)cc(N)c2sccc12. The van der Waals surface area contributed by atoms with E-state index in [9.17, 15) is 4.39 Å². The van der Waals surface area contributed by atoms with E-state index >= 15 is 0 Å². The molecule has 0 bridgehead atoms. The molecule has 1 heterocycles. The smallest absolute Gasteiger partial charge is 0.143 e. The topological polar surface area (TPSA) is 49.8 Å². The summed E-state index contributed by atoms with van der Waals surface area (Å²) in [7, 11) is 0.